The molecular formula is C21H19BF3N3O3. The van der Waals surface area contributed by atoms with Gasteiger partial charge >= 0.3 is 13.3 Å². The molecule has 1 fully saturated rings. The van der Waals surface area contributed by atoms with E-state index in [4.69, 9.17) is 20.5 Å². The molecule has 2 aromatic rings. The second-order valence-electron chi connectivity index (χ2n) is 7.34. The van der Waals surface area contributed by atoms with Crippen LogP contribution in [0.4, 0.5) is 13.2 Å². The van der Waals surface area contributed by atoms with Gasteiger partial charge in [-0.3, -0.25) is 10.4 Å². The van der Waals surface area contributed by atoms with Crippen LogP contribution in [0.1, 0.15) is 29.2 Å². The molecule has 1 unspecified atom stereocenters. The Kier molecular flexibility index (Phi) is 5.59. The number of aromatic nitrogens is 1. The standard InChI is InChI=1S/C21H19BF3N3O3/c23-21(24,25)16-5-1-4-15-18(16)22(29)31-19(15)13-6-7-14(20(26)27)17(9-13)30-11-12-3-2-8-28-10-12/h1-3,5-10,15,19,29H,4,11H2,(H3,26,27)/t15?,19-/m1/s1. The Morgan fingerprint density at radius 1 is 1.35 bits per heavy atom. The molecule has 1 aliphatic carbocycles. The van der Waals surface area contributed by atoms with Gasteiger partial charge in [0.05, 0.1) is 17.2 Å². The minimum Gasteiger partial charge on any atom is -0.488 e. The average molecular weight is 429 g/mol. The molecule has 1 aliphatic heterocycles. The number of allylic oxidation sites excluding steroid dienone is 3. The van der Waals surface area contributed by atoms with E-state index in [0.29, 0.717) is 23.3 Å². The van der Waals surface area contributed by atoms with Crippen LogP contribution in [0.15, 0.2) is 65.9 Å². The predicted molar refractivity (Wildman–Crippen MR) is 108 cm³/mol. The Balaban J connectivity index is 1.66. The summed E-state index contributed by atoms with van der Waals surface area (Å²) < 4.78 is 51.6. The van der Waals surface area contributed by atoms with Gasteiger partial charge in [-0.2, -0.15) is 13.2 Å². The van der Waals surface area contributed by atoms with E-state index in [-0.39, 0.29) is 17.9 Å². The molecule has 2 heterocycles. The summed E-state index contributed by atoms with van der Waals surface area (Å²) in [5, 5.41) is 18.0. The smallest absolute Gasteiger partial charge is 0.488 e. The molecule has 160 valence electrons. The van der Waals surface area contributed by atoms with Crippen LogP contribution in [0.25, 0.3) is 0 Å². The molecule has 4 rings (SSSR count). The zero-order valence-corrected chi connectivity index (χ0v) is 16.3. The lowest BCUT2D eigenvalue weighted by atomic mass is 9.67. The van der Waals surface area contributed by atoms with Gasteiger partial charge in [-0.15, -0.1) is 0 Å². The van der Waals surface area contributed by atoms with Crippen LogP contribution in [-0.4, -0.2) is 29.1 Å². The van der Waals surface area contributed by atoms with Crippen molar-refractivity contribution in [1.29, 1.82) is 5.41 Å². The lowest BCUT2D eigenvalue weighted by molar-refractivity contribution is -0.0893. The van der Waals surface area contributed by atoms with Crippen molar-refractivity contribution in [3.63, 3.8) is 0 Å². The maximum Gasteiger partial charge on any atom is 0.488 e. The fourth-order valence-corrected chi connectivity index (χ4v) is 3.94. The Morgan fingerprint density at radius 2 is 2.16 bits per heavy atom. The van der Waals surface area contributed by atoms with Crippen molar-refractivity contribution in [2.45, 2.75) is 25.3 Å². The molecule has 1 aromatic carbocycles. The highest BCUT2D eigenvalue weighted by Gasteiger charge is 2.50. The number of nitrogens with one attached hydrogen (secondary N) is 1. The average Bonchev–Trinajstić information content (AvgIpc) is 3.09. The van der Waals surface area contributed by atoms with Gasteiger partial charge in [0, 0.05) is 23.9 Å². The zero-order chi connectivity index (χ0) is 22.2. The quantitative estimate of drug-likeness (QED) is 0.384. The molecule has 0 saturated carbocycles. The highest BCUT2D eigenvalue weighted by Crippen LogP contribution is 2.48. The number of pyridine rings is 1. The third-order valence-corrected chi connectivity index (χ3v) is 5.34. The second kappa shape index (κ2) is 8.20. The van der Waals surface area contributed by atoms with Crippen LogP contribution in [0.2, 0.25) is 0 Å². The van der Waals surface area contributed by atoms with E-state index in [2.05, 4.69) is 4.98 Å². The Bertz CT molecular complexity index is 1060. The number of rotatable bonds is 5. The molecule has 6 nitrogen and oxygen atoms in total. The fourth-order valence-electron chi connectivity index (χ4n) is 3.94. The van der Waals surface area contributed by atoms with Gasteiger partial charge in [-0.1, -0.05) is 24.3 Å². The molecule has 0 spiro atoms. The number of nitrogen functional groups attached to an aromatic ring is 1. The van der Waals surface area contributed by atoms with Crippen molar-refractivity contribution in [2.75, 3.05) is 0 Å². The topological polar surface area (TPSA) is 101 Å². The summed E-state index contributed by atoms with van der Waals surface area (Å²) in [6, 6.07) is 8.37. The van der Waals surface area contributed by atoms with Crippen molar-refractivity contribution in [1.82, 2.24) is 4.98 Å². The number of hydrogen-bond donors (Lipinski definition) is 3. The van der Waals surface area contributed by atoms with E-state index in [1.807, 2.05) is 6.07 Å². The van der Waals surface area contributed by atoms with Crippen molar-refractivity contribution < 1.29 is 27.6 Å². The molecular weight excluding hydrogens is 410 g/mol. The lowest BCUT2D eigenvalue weighted by Gasteiger charge is -2.24. The first-order valence-corrected chi connectivity index (χ1v) is 9.57. The van der Waals surface area contributed by atoms with Crippen molar-refractivity contribution >= 4 is 13.0 Å². The normalized spacial score (nSPS) is 20.7. The lowest BCUT2D eigenvalue weighted by Crippen LogP contribution is -2.24. The number of ether oxygens (including phenoxy) is 1. The third kappa shape index (κ3) is 4.21. The van der Waals surface area contributed by atoms with E-state index < -0.39 is 30.9 Å². The Morgan fingerprint density at radius 3 is 2.84 bits per heavy atom. The summed E-state index contributed by atoms with van der Waals surface area (Å²) in [7, 11) is -1.65. The molecule has 2 aliphatic rings. The minimum absolute atomic E-state index is 0.159. The number of amidine groups is 1. The summed E-state index contributed by atoms with van der Waals surface area (Å²) >= 11 is 0. The monoisotopic (exact) mass is 429 g/mol. The summed E-state index contributed by atoms with van der Waals surface area (Å²) in [5.41, 5.74) is 6.31. The van der Waals surface area contributed by atoms with E-state index in [0.717, 1.165) is 11.6 Å². The first-order chi connectivity index (χ1) is 14.8. The van der Waals surface area contributed by atoms with E-state index in [9.17, 15) is 18.2 Å². The molecule has 4 N–H and O–H groups in total. The number of fused-ring (bicyclic) bond motifs is 1. The molecule has 2 atom stereocenters. The van der Waals surface area contributed by atoms with Crippen LogP contribution in [-0.2, 0) is 11.3 Å². The largest absolute Gasteiger partial charge is 0.488 e. The van der Waals surface area contributed by atoms with Gasteiger partial charge in [-0.05, 0) is 35.7 Å². The molecule has 31 heavy (non-hydrogen) atoms. The van der Waals surface area contributed by atoms with Crippen LogP contribution in [0.5, 0.6) is 5.75 Å². The molecule has 10 heteroatoms. The Hall–Kier alpha value is -3.11. The fraction of sp³-hybridized carbons (Fsp3) is 0.238. The number of hydrogen-bond acceptors (Lipinski definition) is 5. The van der Waals surface area contributed by atoms with Crippen LogP contribution in [0, 0.1) is 11.3 Å². The van der Waals surface area contributed by atoms with E-state index >= 15 is 0 Å². The van der Waals surface area contributed by atoms with E-state index in [1.165, 1.54) is 6.08 Å². The second-order valence-corrected chi connectivity index (χ2v) is 7.34. The Labute approximate surface area is 176 Å². The summed E-state index contributed by atoms with van der Waals surface area (Å²) in [4.78, 5) is 4.02. The molecule has 1 aromatic heterocycles. The van der Waals surface area contributed by atoms with Crippen LogP contribution < -0.4 is 10.5 Å². The van der Waals surface area contributed by atoms with Crippen LogP contribution in [0.3, 0.4) is 0 Å². The van der Waals surface area contributed by atoms with Crippen molar-refractivity contribution in [2.24, 2.45) is 11.7 Å². The maximum atomic E-state index is 13.4. The highest BCUT2D eigenvalue weighted by molar-refractivity contribution is 6.53. The number of alkyl halides is 3. The number of nitrogens with zero attached hydrogens (tertiary/aromatic N) is 1. The summed E-state index contributed by atoms with van der Waals surface area (Å²) in [5.74, 6) is -0.571. The highest BCUT2D eigenvalue weighted by atomic mass is 19.4. The molecule has 0 amide bonds. The van der Waals surface area contributed by atoms with E-state index in [1.54, 1.807) is 36.7 Å². The van der Waals surface area contributed by atoms with Crippen molar-refractivity contribution in [3.8, 4) is 5.75 Å². The maximum absolute atomic E-state index is 13.4. The third-order valence-electron chi connectivity index (χ3n) is 5.34. The number of halogens is 3. The summed E-state index contributed by atoms with van der Waals surface area (Å²) in [6.07, 6.45) is 0.619. The van der Waals surface area contributed by atoms with Crippen molar-refractivity contribution in [3.05, 3.63) is 82.6 Å². The first-order valence-electron chi connectivity index (χ1n) is 9.57. The minimum atomic E-state index is -4.58. The van der Waals surface area contributed by atoms with Gasteiger partial charge < -0.3 is 20.1 Å². The van der Waals surface area contributed by atoms with Gasteiger partial charge in [0.15, 0.2) is 0 Å². The molecule has 0 bridgehead atoms. The molecule has 0 radical (unpaired) electrons. The number of nitrogens with two attached hydrogens (primary N) is 1. The van der Waals surface area contributed by atoms with Gasteiger partial charge in [0.2, 0.25) is 0 Å². The van der Waals surface area contributed by atoms with Gasteiger partial charge in [-0.25, -0.2) is 0 Å². The first kappa shape index (κ1) is 21.1. The van der Waals surface area contributed by atoms with Crippen LogP contribution >= 0.6 is 0 Å². The van der Waals surface area contributed by atoms with Gasteiger partial charge in [0.1, 0.15) is 18.2 Å². The SMILES string of the molecule is N=C(N)c1ccc([C@H]2OB(O)C3=C(C(F)(F)F)C=CCC32)cc1OCc1cccnc1. The predicted octanol–water partition coefficient (Wildman–Crippen LogP) is 3.47. The molecule has 1 saturated heterocycles. The number of benzene rings is 1. The van der Waals surface area contributed by atoms with Gasteiger partial charge in [0.25, 0.3) is 0 Å². The summed E-state index contributed by atoms with van der Waals surface area (Å²) in [6.45, 7) is 0.168. The zero-order valence-electron chi connectivity index (χ0n) is 16.3.